The maximum atomic E-state index is 12.4. The average molecular weight is 285 g/mol. The Morgan fingerprint density at radius 2 is 1.71 bits per heavy atom. The number of benzene rings is 2. The number of rotatable bonds is 7. The van der Waals surface area contributed by atoms with E-state index in [-0.39, 0.29) is 11.8 Å². The van der Waals surface area contributed by atoms with Gasteiger partial charge in [-0.25, -0.2) is 0 Å². The number of carbonyl (C=O) groups is 1. The van der Waals surface area contributed by atoms with Crippen LogP contribution in [0.5, 0.6) is 5.75 Å². The van der Waals surface area contributed by atoms with E-state index in [1.54, 1.807) is 38.5 Å². The predicted molar refractivity (Wildman–Crippen MR) is 81.3 cm³/mol. The molecule has 0 radical (unpaired) electrons. The summed E-state index contributed by atoms with van der Waals surface area (Å²) in [5, 5.41) is 0. The summed E-state index contributed by atoms with van der Waals surface area (Å²) in [6.45, 7) is 0. The summed E-state index contributed by atoms with van der Waals surface area (Å²) in [6.07, 6.45) is 0.324. The SMILES string of the molecule is CONC(CC(=O)c1ccc(OC)cc1)c1ccccc1. The number of nitrogens with one attached hydrogen (secondary N) is 1. The molecule has 1 atom stereocenters. The Balaban J connectivity index is 2.10. The highest BCUT2D eigenvalue weighted by Gasteiger charge is 2.17. The summed E-state index contributed by atoms with van der Waals surface area (Å²) < 4.78 is 5.09. The van der Waals surface area contributed by atoms with Crippen LogP contribution in [0.3, 0.4) is 0 Å². The first-order chi connectivity index (χ1) is 10.2. The molecule has 0 aliphatic carbocycles. The molecule has 21 heavy (non-hydrogen) atoms. The van der Waals surface area contributed by atoms with E-state index >= 15 is 0 Å². The minimum absolute atomic E-state index is 0.0519. The Hall–Kier alpha value is -2.17. The van der Waals surface area contributed by atoms with Crippen LogP contribution < -0.4 is 10.2 Å². The molecule has 0 fully saturated rings. The van der Waals surface area contributed by atoms with Gasteiger partial charge in [-0.05, 0) is 29.8 Å². The van der Waals surface area contributed by atoms with Crippen molar-refractivity contribution in [1.82, 2.24) is 5.48 Å². The van der Waals surface area contributed by atoms with E-state index in [4.69, 9.17) is 9.57 Å². The molecule has 110 valence electrons. The zero-order valence-electron chi connectivity index (χ0n) is 12.2. The van der Waals surface area contributed by atoms with E-state index in [0.29, 0.717) is 12.0 Å². The summed E-state index contributed by atoms with van der Waals surface area (Å²) in [7, 11) is 3.15. The molecule has 0 saturated carbocycles. The number of hydrogen-bond donors (Lipinski definition) is 1. The van der Waals surface area contributed by atoms with Crippen molar-refractivity contribution in [3.63, 3.8) is 0 Å². The van der Waals surface area contributed by atoms with Crippen LogP contribution in [0.4, 0.5) is 0 Å². The highest BCUT2D eigenvalue weighted by Crippen LogP contribution is 2.20. The van der Waals surface area contributed by atoms with Gasteiger partial charge in [-0.15, -0.1) is 0 Å². The average Bonchev–Trinajstić information content (AvgIpc) is 2.55. The Labute approximate surface area is 124 Å². The third-order valence-corrected chi connectivity index (χ3v) is 3.26. The zero-order valence-corrected chi connectivity index (χ0v) is 12.2. The van der Waals surface area contributed by atoms with Gasteiger partial charge in [0.15, 0.2) is 5.78 Å². The maximum Gasteiger partial charge on any atom is 0.164 e. The van der Waals surface area contributed by atoms with Crippen molar-refractivity contribution >= 4 is 5.78 Å². The molecule has 4 heteroatoms. The first-order valence-electron chi connectivity index (χ1n) is 6.75. The lowest BCUT2D eigenvalue weighted by Crippen LogP contribution is -2.23. The molecule has 1 unspecified atom stereocenters. The quantitative estimate of drug-likeness (QED) is 0.627. The highest BCUT2D eigenvalue weighted by atomic mass is 16.6. The number of ketones is 1. The molecule has 0 aromatic heterocycles. The van der Waals surface area contributed by atoms with Gasteiger partial charge in [0.05, 0.1) is 20.3 Å². The first kappa shape index (κ1) is 15.2. The largest absolute Gasteiger partial charge is 0.497 e. The van der Waals surface area contributed by atoms with Gasteiger partial charge in [0.25, 0.3) is 0 Å². The van der Waals surface area contributed by atoms with Crippen LogP contribution >= 0.6 is 0 Å². The van der Waals surface area contributed by atoms with Gasteiger partial charge in [0, 0.05) is 12.0 Å². The fourth-order valence-electron chi connectivity index (χ4n) is 2.14. The van der Waals surface area contributed by atoms with Crippen LogP contribution in [0, 0.1) is 0 Å². The summed E-state index contributed by atoms with van der Waals surface area (Å²) in [5.41, 5.74) is 4.55. The minimum Gasteiger partial charge on any atom is -0.497 e. The molecule has 0 spiro atoms. The molecule has 2 aromatic carbocycles. The van der Waals surface area contributed by atoms with Gasteiger partial charge in [-0.1, -0.05) is 30.3 Å². The lowest BCUT2D eigenvalue weighted by molar-refractivity contribution is 0.0545. The Morgan fingerprint density at radius 1 is 1.05 bits per heavy atom. The van der Waals surface area contributed by atoms with Gasteiger partial charge >= 0.3 is 0 Å². The van der Waals surface area contributed by atoms with Gasteiger partial charge in [0.2, 0.25) is 0 Å². The molecule has 0 aliphatic rings. The van der Waals surface area contributed by atoms with Gasteiger partial charge in [-0.3, -0.25) is 4.79 Å². The van der Waals surface area contributed by atoms with Gasteiger partial charge in [-0.2, -0.15) is 5.48 Å². The van der Waals surface area contributed by atoms with Crippen molar-refractivity contribution in [2.75, 3.05) is 14.2 Å². The highest BCUT2D eigenvalue weighted by molar-refractivity contribution is 5.96. The fraction of sp³-hybridized carbons (Fsp3) is 0.235. The monoisotopic (exact) mass is 285 g/mol. The normalized spacial score (nSPS) is 11.9. The number of Topliss-reactive ketones (excluding diaryl/α,β-unsaturated/α-hetero) is 1. The summed E-state index contributed by atoms with van der Waals surface area (Å²) >= 11 is 0. The number of ether oxygens (including phenoxy) is 1. The predicted octanol–water partition coefficient (Wildman–Crippen LogP) is 3.16. The molecule has 0 bridgehead atoms. The van der Waals surface area contributed by atoms with E-state index in [2.05, 4.69) is 5.48 Å². The third kappa shape index (κ3) is 4.15. The Bertz CT molecular complexity index is 566. The fourth-order valence-corrected chi connectivity index (χ4v) is 2.14. The van der Waals surface area contributed by atoms with Gasteiger partial charge < -0.3 is 9.57 Å². The van der Waals surface area contributed by atoms with E-state index in [0.717, 1.165) is 11.3 Å². The Kier molecular flexibility index (Phi) is 5.49. The smallest absolute Gasteiger partial charge is 0.164 e. The van der Waals surface area contributed by atoms with E-state index in [1.165, 1.54) is 0 Å². The number of hydrogen-bond acceptors (Lipinski definition) is 4. The van der Waals surface area contributed by atoms with Crippen molar-refractivity contribution in [3.8, 4) is 5.75 Å². The van der Waals surface area contributed by atoms with Crippen LogP contribution in [0.1, 0.15) is 28.4 Å². The van der Waals surface area contributed by atoms with Crippen molar-refractivity contribution < 1.29 is 14.4 Å². The second-order valence-electron chi connectivity index (χ2n) is 4.64. The molecule has 0 saturated heterocycles. The second kappa shape index (κ2) is 7.57. The molecule has 0 heterocycles. The topological polar surface area (TPSA) is 47.6 Å². The van der Waals surface area contributed by atoms with E-state index < -0.39 is 0 Å². The molecular formula is C17H19NO3. The van der Waals surface area contributed by atoms with Crippen molar-refractivity contribution in [1.29, 1.82) is 0 Å². The molecule has 2 aromatic rings. The molecule has 1 N–H and O–H groups in total. The lowest BCUT2D eigenvalue weighted by atomic mass is 9.98. The maximum absolute atomic E-state index is 12.4. The molecule has 0 aliphatic heterocycles. The Morgan fingerprint density at radius 3 is 2.29 bits per heavy atom. The molecule has 0 amide bonds. The molecule has 2 rings (SSSR count). The summed E-state index contributed by atoms with van der Waals surface area (Å²) in [6, 6.07) is 16.7. The van der Waals surface area contributed by atoms with E-state index in [1.807, 2.05) is 30.3 Å². The third-order valence-electron chi connectivity index (χ3n) is 3.26. The van der Waals surface area contributed by atoms with E-state index in [9.17, 15) is 4.79 Å². The van der Waals surface area contributed by atoms with Crippen LogP contribution in [-0.2, 0) is 4.84 Å². The number of methoxy groups -OCH3 is 1. The van der Waals surface area contributed by atoms with Gasteiger partial charge in [0.1, 0.15) is 5.75 Å². The summed E-state index contributed by atoms with van der Waals surface area (Å²) in [4.78, 5) is 17.4. The first-order valence-corrected chi connectivity index (χ1v) is 6.75. The van der Waals surface area contributed by atoms with Crippen molar-refractivity contribution in [2.24, 2.45) is 0 Å². The van der Waals surface area contributed by atoms with Crippen molar-refractivity contribution in [2.45, 2.75) is 12.5 Å². The van der Waals surface area contributed by atoms with Crippen molar-refractivity contribution in [3.05, 3.63) is 65.7 Å². The number of hydroxylamine groups is 1. The lowest BCUT2D eigenvalue weighted by Gasteiger charge is -2.17. The van der Waals surface area contributed by atoms with Crippen LogP contribution in [0.15, 0.2) is 54.6 Å². The molecule has 4 nitrogen and oxygen atoms in total. The van der Waals surface area contributed by atoms with Crippen LogP contribution in [-0.4, -0.2) is 20.0 Å². The molecular weight excluding hydrogens is 266 g/mol. The summed E-state index contributed by atoms with van der Waals surface area (Å²) in [5.74, 6) is 0.789. The van der Waals surface area contributed by atoms with Crippen LogP contribution in [0.2, 0.25) is 0 Å². The second-order valence-corrected chi connectivity index (χ2v) is 4.64. The van der Waals surface area contributed by atoms with Crippen LogP contribution in [0.25, 0.3) is 0 Å². The number of carbonyl (C=O) groups excluding carboxylic acids is 1. The standard InChI is InChI=1S/C17H19NO3/c1-20-15-10-8-14(9-11-15)17(19)12-16(18-21-2)13-6-4-3-5-7-13/h3-11,16,18H,12H2,1-2H3. The minimum atomic E-state index is -0.175. The zero-order chi connectivity index (χ0) is 15.1.